The zero-order valence-electron chi connectivity index (χ0n) is 14.7. The first-order chi connectivity index (χ1) is 13.2. The summed E-state index contributed by atoms with van der Waals surface area (Å²) in [5.74, 6) is 1.68. The Labute approximate surface area is 160 Å². The number of rotatable bonds is 6. The molecule has 1 aliphatic rings. The SMILES string of the molecule is Cc1nc(-c2ccccc2)sc1CNC(=O)COc1ccc2c(c1)OCO2. The van der Waals surface area contributed by atoms with Crippen LogP contribution in [0.5, 0.6) is 17.2 Å². The van der Waals surface area contributed by atoms with Crippen molar-refractivity contribution in [3.63, 3.8) is 0 Å². The van der Waals surface area contributed by atoms with Gasteiger partial charge in [-0.1, -0.05) is 30.3 Å². The number of ether oxygens (including phenoxy) is 3. The summed E-state index contributed by atoms with van der Waals surface area (Å²) >= 11 is 1.59. The molecule has 0 bridgehead atoms. The van der Waals surface area contributed by atoms with Crippen LogP contribution in [0.3, 0.4) is 0 Å². The minimum Gasteiger partial charge on any atom is -0.484 e. The molecule has 1 aliphatic heterocycles. The molecule has 0 aliphatic carbocycles. The molecule has 7 heteroatoms. The number of nitrogens with one attached hydrogen (secondary N) is 1. The van der Waals surface area contributed by atoms with E-state index in [-0.39, 0.29) is 19.3 Å². The first-order valence-electron chi connectivity index (χ1n) is 8.50. The van der Waals surface area contributed by atoms with Crippen LogP contribution in [-0.4, -0.2) is 24.3 Å². The van der Waals surface area contributed by atoms with Gasteiger partial charge in [-0.05, 0) is 19.1 Å². The van der Waals surface area contributed by atoms with Gasteiger partial charge < -0.3 is 19.5 Å². The predicted octanol–water partition coefficient (Wildman–Crippen LogP) is 3.54. The minimum absolute atomic E-state index is 0.0664. The fraction of sp³-hybridized carbons (Fsp3) is 0.200. The van der Waals surface area contributed by atoms with E-state index in [2.05, 4.69) is 10.3 Å². The zero-order valence-corrected chi connectivity index (χ0v) is 15.5. The van der Waals surface area contributed by atoms with Crippen molar-refractivity contribution in [3.8, 4) is 27.8 Å². The van der Waals surface area contributed by atoms with Crippen LogP contribution >= 0.6 is 11.3 Å². The summed E-state index contributed by atoms with van der Waals surface area (Å²) in [6, 6.07) is 15.2. The normalized spacial score (nSPS) is 12.0. The summed E-state index contributed by atoms with van der Waals surface area (Å²) in [6.07, 6.45) is 0. The zero-order chi connectivity index (χ0) is 18.6. The number of benzene rings is 2. The highest BCUT2D eigenvalue weighted by Gasteiger charge is 2.15. The van der Waals surface area contributed by atoms with Crippen LogP contribution in [0.15, 0.2) is 48.5 Å². The lowest BCUT2D eigenvalue weighted by Gasteiger charge is -2.07. The Balaban J connectivity index is 1.31. The third-order valence-electron chi connectivity index (χ3n) is 4.07. The van der Waals surface area contributed by atoms with Crippen molar-refractivity contribution >= 4 is 17.2 Å². The van der Waals surface area contributed by atoms with Crippen LogP contribution in [0.25, 0.3) is 10.6 Å². The number of carbonyl (C=O) groups excluding carboxylic acids is 1. The van der Waals surface area contributed by atoms with E-state index in [0.29, 0.717) is 23.8 Å². The minimum atomic E-state index is -0.193. The van der Waals surface area contributed by atoms with E-state index in [0.717, 1.165) is 21.1 Å². The molecule has 2 aromatic carbocycles. The second-order valence-electron chi connectivity index (χ2n) is 5.97. The van der Waals surface area contributed by atoms with Gasteiger partial charge in [-0.15, -0.1) is 11.3 Å². The van der Waals surface area contributed by atoms with Crippen LogP contribution in [0, 0.1) is 6.92 Å². The number of hydrogen-bond donors (Lipinski definition) is 1. The van der Waals surface area contributed by atoms with Crippen LogP contribution in [0.1, 0.15) is 10.6 Å². The van der Waals surface area contributed by atoms with Crippen molar-refractivity contribution in [1.82, 2.24) is 10.3 Å². The van der Waals surface area contributed by atoms with Crippen LogP contribution in [0.2, 0.25) is 0 Å². The van der Waals surface area contributed by atoms with E-state index < -0.39 is 0 Å². The second-order valence-corrected chi connectivity index (χ2v) is 7.06. The molecule has 6 nitrogen and oxygen atoms in total. The molecule has 1 N–H and O–H groups in total. The molecular formula is C20H18N2O4S. The number of amides is 1. The molecule has 3 aromatic rings. The number of aromatic nitrogens is 1. The highest BCUT2D eigenvalue weighted by molar-refractivity contribution is 7.15. The summed E-state index contributed by atoms with van der Waals surface area (Å²) in [6.45, 7) is 2.52. The molecule has 2 heterocycles. The quantitative estimate of drug-likeness (QED) is 0.706. The summed E-state index contributed by atoms with van der Waals surface area (Å²) in [5.41, 5.74) is 2.00. The van der Waals surface area contributed by atoms with Crippen LogP contribution < -0.4 is 19.5 Å². The Bertz CT molecular complexity index is 956. The standard InChI is InChI=1S/C20H18N2O4S/c1-13-18(27-20(22-13)14-5-3-2-4-6-14)10-21-19(23)11-24-15-7-8-16-17(9-15)26-12-25-16/h2-9H,10-12H2,1H3,(H,21,23). The molecule has 0 unspecified atom stereocenters. The van der Waals surface area contributed by atoms with Gasteiger partial charge in [-0.2, -0.15) is 0 Å². The molecule has 0 saturated carbocycles. The molecular weight excluding hydrogens is 364 g/mol. The lowest BCUT2D eigenvalue weighted by Crippen LogP contribution is -2.28. The maximum Gasteiger partial charge on any atom is 0.258 e. The van der Waals surface area contributed by atoms with Gasteiger partial charge in [0.05, 0.1) is 12.2 Å². The fourth-order valence-corrected chi connectivity index (χ4v) is 3.65. The number of aryl methyl sites for hydroxylation is 1. The fourth-order valence-electron chi connectivity index (χ4n) is 2.64. The smallest absolute Gasteiger partial charge is 0.258 e. The van der Waals surface area contributed by atoms with E-state index in [4.69, 9.17) is 14.2 Å². The number of thiazole rings is 1. The van der Waals surface area contributed by atoms with Gasteiger partial charge in [0.2, 0.25) is 6.79 Å². The monoisotopic (exact) mass is 382 g/mol. The van der Waals surface area contributed by atoms with Crippen molar-refractivity contribution in [3.05, 3.63) is 59.1 Å². The Kier molecular flexibility index (Phi) is 4.93. The number of hydrogen-bond acceptors (Lipinski definition) is 6. The van der Waals surface area contributed by atoms with E-state index >= 15 is 0 Å². The molecule has 0 atom stereocenters. The highest BCUT2D eigenvalue weighted by Crippen LogP contribution is 2.35. The van der Waals surface area contributed by atoms with Gasteiger partial charge >= 0.3 is 0 Å². The first kappa shape index (κ1) is 17.4. The number of fused-ring (bicyclic) bond motifs is 1. The summed E-state index contributed by atoms with van der Waals surface area (Å²) < 4.78 is 16.1. The molecule has 138 valence electrons. The molecule has 0 radical (unpaired) electrons. The van der Waals surface area contributed by atoms with E-state index in [1.807, 2.05) is 37.3 Å². The Hall–Kier alpha value is -3.06. The number of carbonyl (C=O) groups is 1. The third kappa shape index (κ3) is 4.03. The van der Waals surface area contributed by atoms with Crippen LogP contribution in [0.4, 0.5) is 0 Å². The van der Waals surface area contributed by atoms with E-state index in [1.165, 1.54) is 0 Å². The Morgan fingerprint density at radius 3 is 2.85 bits per heavy atom. The van der Waals surface area contributed by atoms with E-state index in [1.54, 1.807) is 29.5 Å². The van der Waals surface area contributed by atoms with Crippen molar-refractivity contribution in [2.24, 2.45) is 0 Å². The number of nitrogens with zero attached hydrogens (tertiary/aromatic N) is 1. The predicted molar refractivity (Wildman–Crippen MR) is 102 cm³/mol. The second kappa shape index (κ2) is 7.67. The van der Waals surface area contributed by atoms with Gasteiger partial charge in [0.15, 0.2) is 18.1 Å². The molecule has 0 spiro atoms. The summed E-state index contributed by atoms with van der Waals surface area (Å²) in [7, 11) is 0. The topological polar surface area (TPSA) is 69.7 Å². The lowest BCUT2D eigenvalue weighted by molar-refractivity contribution is -0.123. The maximum absolute atomic E-state index is 12.1. The van der Waals surface area contributed by atoms with E-state index in [9.17, 15) is 4.79 Å². The van der Waals surface area contributed by atoms with Crippen molar-refractivity contribution < 1.29 is 19.0 Å². The van der Waals surface area contributed by atoms with Crippen molar-refractivity contribution in [2.45, 2.75) is 13.5 Å². The molecule has 4 rings (SSSR count). The third-order valence-corrected chi connectivity index (χ3v) is 5.28. The van der Waals surface area contributed by atoms with Crippen molar-refractivity contribution in [1.29, 1.82) is 0 Å². The highest BCUT2D eigenvalue weighted by atomic mass is 32.1. The Morgan fingerprint density at radius 2 is 2.00 bits per heavy atom. The molecule has 1 amide bonds. The average molecular weight is 382 g/mol. The molecule has 0 fully saturated rings. The van der Waals surface area contributed by atoms with Gasteiger partial charge in [0, 0.05) is 16.5 Å². The first-order valence-corrected chi connectivity index (χ1v) is 9.31. The molecule has 1 aromatic heterocycles. The van der Waals surface area contributed by atoms with Gasteiger partial charge in [0.25, 0.3) is 5.91 Å². The van der Waals surface area contributed by atoms with Gasteiger partial charge in [0.1, 0.15) is 10.8 Å². The molecule has 0 saturated heterocycles. The summed E-state index contributed by atoms with van der Waals surface area (Å²) in [4.78, 5) is 17.7. The average Bonchev–Trinajstić information content (AvgIpc) is 3.31. The molecule has 27 heavy (non-hydrogen) atoms. The largest absolute Gasteiger partial charge is 0.484 e. The lowest BCUT2D eigenvalue weighted by atomic mass is 10.2. The van der Waals surface area contributed by atoms with Gasteiger partial charge in [-0.3, -0.25) is 4.79 Å². The summed E-state index contributed by atoms with van der Waals surface area (Å²) in [5, 5.41) is 3.83. The van der Waals surface area contributed by atoms with Crippen molar-refractivity contribution in [2.75, 3.05) is 13.4 Å². The Morgan fingerprint density at radius 1 is 1.19 bits per heavy atom. The maximum atomic E-state index is 12.1. The van der Waals surface area contributed by atoms with Crippen LogP contribution in [-0.2, 0) is 11.3 Å². The van der Waals surface area contributed by atoms with Gasteiger partial charge in [-0.25, -0.2) is 4.98 Å².